The van der Waals surface area contributed by atoms with Gasteiger partial charge in [-0.05, 0) is 28.1 Å². The van der Waals surface area contributed by atoms with Crippen molar-refractivity contribution in [2.45, 2.75) is 0 Å². The van der Waals surface area contributed by atoms with Crippen molar-refractivity contribution < 1.29 is 0 Å². The molecule has 0 unspecified atom stereocenters. The van der Waals surface area contributed by atoms with Crippen molar-refractivity contribution in [2.75, 3.05) is 0 Å². The molecule has 0 aromatic rings. The van der Waals surface area contributed by atoms with Crippen LogP contribution in [0.2, 0.25) is 0 Å². The fourth-order valence-corrected chi connectivity index (χ4v) is 0.623. The van der Waals surface area contributed by atoms with E-state index < -0.39 is 0 Å². The molecule has 1 rings (SSSR count). The second-order valence-corrected chi connectivity index (χ2v) is 2.21. The van der Waals surface area contributed by atoms with E-state index >= 15 is 0 Å². The molecule has 42 valence electrons. The lowest BCUT2D eigenvalue weighted by atomic mass is 10.5. The molecule has 0 aromatic heterocycles. The molecule has 0 spiro atoms. The van der Waals surface area contributed by atoms with Gasteiger partial charge in [-0.1, -0.05) is 0 Å². The highest BCUT2D eigenvalue weighted by Crippen LogP contribution is 2.01. The number of hydrogen-bond acceptors (Lipinski definition) is 2. The number of nitrogens with one attached hydrogen (secondary N) is 1. The molecule has 0 radical (unpaired) electrons. The molecule has 0 amide bonds. The summed E-state index contributed by atoms with van der Waals surface area (Å²) in [5.41, 5.74) is 2.68. The average Bonchev–Trinajstić information content (AvgIpc) is 1.94. The Morgan fingerprint density at radius 2 is 2.50 bits per heavy atom. The maximum atomic E-state index is 3.77. The first-order valence-corrected chi connectivity index (χ1v) is 3.00. The van der Waals surface area contributed by atoms with Crippen molar-refractivity contribution in [3.05, 3.63) is 22.8 Å². The molecule has 2 nitrogen and oxygen atoms in total. The Balaban J connectivity index is 2.73. The smallest absolute Gasteiger partial charge is 0.0614 e. The van der Waals surface area contributed by atoms with Crippen LogP contribution in [-0.2, 0) is 0 Å². The van der Waals surface area contributed by atoms with Gasteiger partial charge in [0, 0.05) is 10.7 Å². The minimum absolute atomic E-state index is 0.971. The van der Waals surface area contributed by atoms with Crippen LogP contribution in [0.25, 0.3) is 0 Å². The number of rotatable bonds is 0. The topological polar surface area (TPSA) is 24.4 Å². The number of hydrazone groups is 1. The Morgan fingerprint density at radius 3 is 3.38 bits per heavy atom. The fraction of sp³-hybridized carbons (Fsp3) is 0. The van der Waals surface area contributed by atoms with E-state index in [1.54, 1.807) is 12.4 Å². The Labute approximate surface area is 56.1 Å². The summed E-state index contributed by atoms with van der Waals surface area (Å²) >= 11 is 3.26. The van der Waals surface area contributed by atoms with Gasteiger partial charge in [-0.25, -0.2) is 0 Å². The van der Waals surface area contributed by atoms with Gasteiger partial charge in [0.05, 0.1) is 6.21 Å². The van der Waals surface area contributed by atoms with E-state index in [1.807, 2.05) is 12.2 Å². The summed E-state index contributed by atoms with van der Waals surface area (Å²) < 4.78 is 0.971. The van der Waals surface area contributed by atoms with Crippen LogP contribution in [0.3, 0.4) is 0 Å². The molecule has 3 heteroatoms. The average molecular weight is 173 g/mol. The van der Waals surface area contributed by atoms with Crippen LogP contribution in [0.15, 0.2) is 27.9 Å². The van der Waals surface area contributed by atoms with E-state index in [0.29, 0.717) is 0 Å². The summed E-state index contributed by atoms with van der Waals surface area (Å²) in [6.07, 6.45) is 7.23. The zero-order valence-corrected chi connectivity index (χ0v) is 5.72. The lowest BCUT2D eigenvalue weighted by Gasteiger charge is -1.80. The minimum Gasteiger partial charge on any atom is -0.286 e. The van der Waals surface area contributed by atoms with Gasteiger partial charge < -0.3 is 0 Å². The third-order valence-electron chi connectivity index (χ3n) is 0.689. The number of halogens is 1. The Bertz CT molecular complexity index is 158. The Morgan fingerprint density at radius 1 is 1.62 bits per heavy atom. The molecule has 8 heavy (non-hydrogen) atoms. The Hall–Kier alpha value is -0.570. The van der Waals surface area contributed by atoms with Crippen LogP contribution in [-0.4, -0.2) is 6.21 Å². The van der Waals surface area contributed by atoms with Gasteiger partial charge in [0.25, 0.3) is 0 Å². The summed E-state index contributed by atoms with van der Waals surface area (Å²) in [6, 6.07) is 0. The van der Waals surface area contributed by atoms with E-state index in [-0.39, 0.29) is 0 Å². The van der Waals surface area contributed by atoms with Crippen LogP contribution in [0, 0.1) is 0 Å². The van der Waals surface area contributed by atoms with Crippen molar-refractivity contribution in [2.24, 2.45) is 5.10 Å². The predicted octanol–water partition coefficient (Wildman–Crippen LogP) is 1.37. The normalized spacial score (nSPS) is 16.9. The summed E-state index contributed by atoms with van der Waals surface area (Å²) in [5.74, 6) is 0. The summed E-state index contributed by atoms with van der Waals surface area (Å²) in [5, 5.41) is 3.77. The second kappa shape index (κ2) is 2.67. The highest BCUT2D eigenvalue weighted by molar-refractivity contribution is 9.12. The first-order valence-electron chi connectivity index (χ1n) is 2.20. The van der Waals surface area contributed by atoms with Crippen LogP contribution in [0.1, 0.15) is 0 Å². The van der Waals surface area contributed by atoms with Crippen molar-refractivity contribution >= 4 is 22.1 Å². The SMILES string of the molecule is BrC1=CC=CNN=C1. The number of nitrogens with zero attached hydrogens (tertiary/aromatic N) is 1. The van der Waals surface area contributed by atoms with Crippen LogP contribution >= 0.6 is 15.9 Å². The zero-order chi connectivity index (χ0) is 5.82. The molecular formula is C5H5BrN2. The molecule has 0 aromatic carbocycles. The van der Waals surface area contributed by atoms with E-state index in [0.717, 1.165) is 4.48 Å². The standard InChI is InChI=1S/C5H5BrN2/c6-5-2-1-3-7-8-4-5/h1-4,7H. The number of allylic oxidation sites excluding steroid dienone is 3. The fourth-order valence-electron chi connectivity index (χ4n) is 0.368. The van der Waals surface area contributed by atoms with Crippen molar-refractivity contribution in [3.8, 4) is 0 Å². The summed E-state index contributed by atoms with van der Waals surface area (Å²) in [6.45, 7) is 0. The zero-order valence-electron chi connectivity index (χ0n) is 4.13. The third-order valence-corrected chi connectivity index (χ3v) is 1.16. The summed E-state index contributed by atoms with van der Waals surface area (Å²) in [7, 11) is 0. The lowest BCUT2D eigenvalue weighted by molar-refractivity contribution is 0.980. The lowest BCUT2D eigenvalue weighted by Crippen LogP contribution is -1.89. The number of hydrogen-bond donors (Lipinski definition) is 1. The summed E-state index contributed by atoms with van der Waals surface area (Å²) in [4.78, 5) is 0. The van der Waals surface area contributed by atoms with Gasteiger partial charge in [-0.3, -0.25) is 5.43 Å². The first-order chi connectivity index (χ1) is 3.89. The van der Waals surface area contributed by atoms with E-state index in [4.69, 9.17) is 0 Å². The molecule has 1 heterocycles. The van der Waals surface area contributed by atoms with E-state index in [1.165, 1.54) is 0 Å². The molecule has 1 aliphatic heterocycles. The molecule has 0 aliphatic carbocycles. The molecular weight excluding hydrogens is 168 g/mol. The molecule has 0 bridgehead atoms. The van der Waals surface area contributed by atoms with Crippen LogP contribution in [0.5, 0.6) is 0 Å². The van der Waals surface area contributed by atoms with Gasteiger partial charge in [-0.2, -0.15) is 5.10 Å². The maximum Gasteiger partial charge on any atom is 0.0614 e. The Kier molecular flexibility index (Phi) is 1.86. The molecule has 0 saturated carbocycles. The van der Waals surface area contributed by atoms with Crippen LogP contribution < -0.4 is 5.43 Å². The molecule has 0 atom stereocenters. The van der Waals surface area contributed by atoms with Crippen molar-refractivity contribution in [1.29, 1.82) is 0 Å². The van der Waals surface area contributed by atoms with Crippen molar-refractivity contribution in [1.82, 2.24) is 5.43 Å². The van der Waals surface area contributed by atoms with E-state index in [9.17, 15) is 0 Å². The molecule has 1 N–H and O–H groups in total. The monoisotopic (exact) mass is 172 g/mol. The van der Waals surface area contributed by atoms with Gasteiger partial charge in [0.2, 0.25) is 0 Å². The first kappa shape index (κ1) is 5.56. The highest BCUT2D eigenvalue weighted by Gasteiger charge is 1.82. The van der Waals surface area contributed by atoms with E-state index in [2.05, 4.69) is 26.5 Å². The second-order valence-electron chi connectivity index (χ2n) is 1.30. The largest absolute Gasteiger partial charge is 0.286 e. The quantitative estimate of drug-likeness (QED) is 0.587. The highest BCUT2D eigenvalue weighted by atomic mass is 79.9. The molecule has 0 saturated heterocycles. The van der Waals surface area contributed by atoms with Crippen molar-refractivity contribution in [3.63, 3.8) is 0 Å². The van der Waals surface area contributed by atoms with Crippen LogP contribution in [0.4, 0.5) is 0 Å². The molecule has 0 fully saturated rings. The van der Waals surface area contributed by atoms with Gasteiger partial charge in [0.15, 0.2) is 0 Å². The minimum atomic E-state index is 0.971. The van der Waals surface area contributed by atoms with Gasteiger partial charge >= 0.3 is 0 Å². The maximum absolute atomic E-state index is 3.77. The predicted molar refractivity (Wildman–Crippen MR) is 37.8 cm³/mol. The van der Waals surface area contributed by atoms with Gasteiger partial charge in [0.1, 0.15) is 0 Å². The van der Waals surface area contributed by atoms with Gasteiger partial charge in [-0.15, -0.1) is 0 Å². The molecule has 1 aliphatic rings. The third kappa shape index (κ3) is 1.50.